The summed E-state index contributed by atoms with van der Waals surface area (Å²) >= 11 is 0. The highest BCUT2D eigenvalue weighted by atomic mass is 35.5. The molecule has 1 aliphatic carbocycles. The van der Waals surface area contributed by atoms with Crippen LogP contribution >= 0.6 is 12.4 Å². The number of hydrogen-bond donors (Lipinski definition) is 2. The number of nitrogens with two attached hydrogens (primary N) is 1. The fourth-order valence-corrected chi connectivity index (χ4v) is 2.97. The zero-order chi connectivity index (χ0) is 17.1. The van der Waals surface area contributed by atoms with E-state index in [4.69, 9.17) is 5.73 Å². The Morgan fingerprint density at radius 2 is 2.04 bits per heavy atom. The van der Waals surface area contributed by atoms with Crippen LogP contribution in [0, 0.1) is 5.92 Å². The minimum atomic E-state index is -4.76. The number of nitrogens with one attached hydrogen (secondary N) is 1. The third-order valence-electron chi connectivity index (χ3n) is 4.22. The number of rotatable bonds is 4. The molecule has 0 aliphatic heterocycles. The maximum absolute atomic E-state index is 12.4. The van der Waals surface area contributed by atoms with E-state index in [1.807, 2.05) is 6.92 Å². The summed E-state index contributed by atoms with van der Waals surface area (Å²) in [7, 11) is 0. The Balaban J connectivity index is 0.00000288. The van der Waals surface area contributed by atoms with E-state index in [0.29, 0.717) is 6.42 Å². The van der Waals surface area contributed by atoms with Crippen molar-refractivity contribution in [1.29, 1.82) is 0 Å². The smallest absolute Gasteiger partial charge is 0.405 e. The standard InChI is InChI=1S/C16H21F3N2O2.ClH/c1-15(20)9-5-4-7-12(15)14(22)21-10-11-6-2-3-8-13(11)23-16(17,18)19;/h2-3,6,8,12H,4-5,7,9-10,20H2,1H3,(H,21,22);1H. The molecule has 24 heavy (non-hydrogen) atoms. The van der Waals surface area contributed by atoms with Crippen LogP contribution in [0.15, 0.2) is 24.3 Å². The summed E-state index contributed by atoms with van der Waals surface area (Å²) in [6.07, 6.45) is -1.39. The molecule has 2 unspecified atom stereocenters. The second-order valence-electron chi connectivity index (χ2n) is 6.18. The van der Waals surface area contributed by atoms with E-state index >= 15 is 0 Å². The molecule has 1 aromatic rings. The molecule has 2 atom stereocenters. The number of amides is 1. The summed E-state index contributed by atoms with van der Waals surface area (Å²) in [6, 6.07) is 5.76. The van der Waals surface area contributed by atoms with Gasteiger partial charge in [-0.05, 0) is 25.8 Å². The molecule has 0 heterocycles. The number of carbonyl (C=O) groups is 1. The van der Waals surface area contributed by atoms with Crippen LogP contribution < -0.4 is 15.8 Å². The molecule has 136 valence electrons. The molecule has 0 saturated heterocycles. The van der Waals surface area contributed by atoms with Crippen LogP contribution in [-0.2, 0) is 11.3 Å². The molecule has 1 fully saturated rings. The lowest BCUT2D eigenvalue weighted by Crippen LogP contribution is -2.52. The SMILES string of the molecule is CC1(N)CCCCC1C(=O)NCc1ccccc1OC(F)(F)F.Cl. The Hall–Kier alpha value is -1.47. The number of alkyl halides is 3. The van der Waals surface area contributed by atoms with Gasteiger partial charge in [0.05, 0.1) is 5.92 Å². The first-order valence-corrected chi connectivity index (χ1v) is 7.59. The molecular formula is C16H22ClF3N2O2. The molecule has 0 bridgehead atoms. The maximum atomic E-state index is 12.4. The highest BCUT2D eigenvalue weighted by Gasteiger charge is 2.37. The molecule has 3 N–H and O–H groups in total. The third kappa shape index (κ3) is 5.56. The van der Waals surface area contributed by atoms with E-state index in [1.165, 1.54) is 18.2 Å². The minimum absolute atomic E-state index is 0. The molecule has 4 nitrogen and oxygen atoms in total. The molecule has 1 aromatic carbocycles. The minimum Gasteiger partial charge on any atom is -0.405 e. The Labute approximate surface area is 145 Å². The molecule has 0 radical (unpaired) electrons. The average molecular weight is 367 g/mol. The second-order valence-corrected chi connectivity index (χ2v) is 6.18. The van der Waals surface area contributed by atoms with Crippen molar-refractivity contribution in [2.75, 3.05) is 0 Å². The number of ether oxygens (including phenoxy) is 1. The highest BCUT2D eigenvalue weighted by molar-refractivity contribution is 5.85. The van der Waals surface area contributed by atoms with E-state index in [1.54, 1.807) is 6.07 Å². The Kier molecular flexibility index (Phi) is 6.92. The van der Waals surface area contributed by atoms with Crippen LogP contribution in [0.4, 0.5) is 13.2 Å². The predicted octanol–water partition coefficient (Wildman–Crippen LogP) is 3.53. The van der Waals surface area contributed by atoms with Crippen molar-refractivity contribution in [1.82, 2.24) is 5.32 Å². The lowest BCUT2D eigenvalue weighted by Gasteiger charge is -2.37. The molecule has 2 rings (SSSR count). The molecule has 0 aromatic heterocycles. The summed E-state index contributed by atoms with van der Waals surface area (Å²) in [6.45, 7) is 1.81. The summed E-state index contributed by atoms with van der Waals surface area (Å²) in [5.41, 5.74) is 5.86. The van der Waals surface area contributed by atoms with E-state index < -0.39 is 11.9 Å². The van der Waals surface area contributed by atoms with Crippen molar-refractivity contribution in [3.05, 3.63) is 29.8 Å². The van der Waals surface area contributed by atoms with Crippen LogP contribution in [0.5, 0.6) is 5.75 Å². The lowest BCUT2D eigenvalue weighted by molar-refractivity contribution is -0.274. The van der Waals surface area contributed by atoms with Gasteiger partial charge >= 0.3 is 6.36 Å². The summed E-state index contributed by atoms with van der Waals surface area (Å²) in [5.74, 6) is -0.858. The van der Waals surface area contributed by atoms with Crippen LogP contribution in [0.25, 0.3) is 0 Å². The highest BCUT2D eigenvalue weighted by Crippen LogP contribution is 2.32. The normalized spacial score (nSPS) is 24.0. The van der Waals surface area contributed by atoms with Gasteiger partial charge in [0.1, 0.15) is 5.75 Å². The first kappa shape index (κ1) is 20.6. The lowest BCUT2D eigenvalue weighted by atomic mass is 9.74. The summed E-state index contributed by atoms with van der Waals surface area (Å²) in [4.78, 5) is 12.3. The summed E-state index contributed by atoms with van der Waals surface area (Å²) < 4.78 is 41.1. The number of halogens is 4. The van der Waals surface area contributed by atoms with Crippen molar-refractivity contribution in [3.63, 3.8) is 0 Å². The van der Waals surface area contributed by atoms with Gasteiger partial charge in [-0.15, -0.1) is 25.6 Å². The van der Waals surface area contributed by atoms with Crippen LogP contribution in [0.3, 0.4) is 0 Å². The van der Waals surface area contributed by atoms with Gasteiger partial charge in [-0.2, -0.15) is 0 Å². The van der Waals surface area contributed by atoms with Crippen molar-refractivity contribution in [2.24, 2.45) is 11.7 Å². The zero-order valence-corrected chi connectivity index (χ0v) is 14.2. The Morgan fingerprint density at radius 3 is 2.67 bits per heavy atom. The average Bonchev–Trinajstić information content (AvgIpc) is 2.44. The van der Waals surface area contributed by atoms with Crippen molar-refractivity contribution < 1.29 is 22.7 Å². The second kappa shape index (κ2) is 8.07. The summed E-state index contributed by atoms with van der Waals surface area (Å²) in [5, 5.41) is 2.68. The van der Waals surface area contributed by atoms with Crippen LogP contribution in [0.2, 0.25) is 0 Å². The van der Waals surface area contributed by atoms with Gasteiger partial charge in [0.25, 0.3) is 0 Å². The molecule has 1 amide bonds. The largest absolute Gasteiger partial charge is 0.573 e. The van der Waals surface area contributed by atoms with E-state index in [9.17, 15) is 18.0 Å². The van der Waals surface area contributed by atoms with Crippen molar-refractivity contribution in [2.45, 2.75) is 51.1 Å². The van der Waals surface area contributed by atoms with Gasteiger partial charge in [-0.3, -0.25) is 4.79 Å². The van der Waals surface area contributed by atoms with E-state index in [2.05, 4.69) is 10.1 Å². The Morgan fingerprint density at radius 1 is 1.38 bits per heavy atom. The van der Waals surface area contributed by atoms with Crippen LogP contribution in [-0.4, -0.2) is 17.8 Å². The molecule has 1 saturated carbocycles. The maximum Gasteiger partial charge on any atom is 0.573 e. The van der Waals surface area contributed by atoms with Gasteiger partial charge in [-0.1, -0.05) is 31.0 Å². The van der Waals surface area contributed by atoms with E-state index in [0.717, 1.165) is 19.3 Å². The molecule has 0 spiro atoms. The predicted molar refractivity (Wildman–Crippen MR) is 86.8 cm³/mol. The van der Waals surface area contributed by atoms with Crippen molar-refractivity contribution >= 4 is 18.3 Å². The quantitative estimate of drug-likeness (QED) is 0.856. The monoisotopic (exact) mass is 366 g/mol. The first-order valence-electron chi connectivity index (χ1n) is 7.59. The molecule has 8 heteroatoms. The van der Waals surface area contributed by atoms with E-state index in [-0.39, 0.29) is 42.1 Å². The number of carbonyl (C=O) groups excluding carboxylic acids is 1. The number of hydrogen-bond acceptors (Lipinski definition) is 3. The topological polar surface area (TPSA) is 64.4 Å². The number of para-hydroxylation sites is 1. The van der Waals surface area contributed by atoms with Crippen LogP contribution in [0.1, 0.15) is 38.2 Å². The van der Waals surface area contributed by atoms with Gasteiger partial charge < -0.3 is 15.8 Å². The Bertz CT molecular complexity index is 564. The molecular weight excluding hydrogens is 345 g/mol. The molecule has 1 aliphatic rings. The fraction of sp³-hybridized carbons (Fsp3) is 0.562. The number of benzene rings is 1. The van der Waals surface area contributed by atoms with Crippen molar-refractivity contribution in [3.8, 4) is 5.75 Å². The zero-order valence-electron chi connectivity index (χ0n) is 13.4. The first-order chi connectivity index (χ1) is 10.7. The van der Waals surface area contributed by atoms with Gasteiger partial charge in [0, 0.05) is 17.6 Å². The fourth-order valence-electron chi connectivity index (χ4n) is 2.97. The third-order valence-corrected chi connectivity index (χ3v) is 4.22. The van der Waals surface area contributed by atoms with Gasteiger partial charge in [0.2, 0.25) is 5.91 Å². The van der Waals surface area contributed by atoms with Gasteiger partial charge in [-0.25, -0.2) is 0 Å². The van der Waals surface area contributed by atoms with Gasteiger partial charge in [0.15, 0.2) is 0 Å².